The van der Waals surface area contributed by atoms with Crippen LogP contribution in [0.15, 0.2) is 6.20 Å². The Morgan fingerprint density at radius 2 is 2.44 bits per heavy atom. The largest absolute Gasteiger partial charge is 0.480 e. The molecule has 0 radical (unpaired) electrons. The number of hydrogen-bond donors (Lipinski definition) is 3. The maximum absolute atomic E-state index is 11.7. The number of nitrogens with zero attached hydrogens (tertiary/aromatic N) is 3. The molecule has 1 amide bonds. The molecule has 1 unspecified atom stereocenters. The average molecular weight is 253 g/mol. The summed E-state index contributed by atoms with van der Waals surface area (Å²) in [4.78, 5) is 22.2. The van der Waals surface area contributed by atoms with Gasteiger partial charge in [-0.05, 0) is 13.0 Å². The molecule has 1 atom stereocenters. The van der Waals surface area contributed by atoms with Gasteiger partial charge in [0.25, 0.3) is 0 Å². The minimum atomic E-state index is -0.979. The first-order chi connectivity index (χ1) is 8.65. The summed E-state index contributed by atoms with van der Waals surface area (Å²) in [6.45, 7) is 1.62. The maximum Gasteiger partial charge on any atom is 0.325 e. The monoisotopic (exact) mass is 253 g/mol. The summed E-state index contributed by atoms with van der Waals surface area (Å²) in [6.07, 6.45) is 2.36. The number of carboxylic acid groups (broad SMARTS) is 1. The standard InChI is InChI=1S/C10H15N5O3/c16-9(17)6-15-5-8(13-14-15)4-12-10(18)7-1-2-11-3-7/h5,7,11H,1-4,6H2,(H,12,18)(H,16,17). The number of rotatable bonds is 5. The predicted molar refractivity (Wildman–Crippen MR) is 60.5 cm³/mol. The Kier molecular flexibility index (Phi) is 3.88. The van der Waals surface area contributed by atoms with Crippen LogP contribution in [0, 0.1) is 5.92 Å². The van der Waals surface area contributed by atoms with Crippen LogP contribution in [0.25, 0.3) is 0 Å². The van der Waals surface area contributed by atoms with Crippen molar-refractivity contribution in [2.45, 2.75) is 19.5 Å². The van der Waals surface area contributed by atoms with Crippen molar-refractivity contribution in [2.75, 3.05) is 13.1 Å². The van der Waals surface area contributed by atoms with Crippen LogP contribution in [-0.4, -0.2) is 45.1 Å². The van der Waals surface area contributed by atoms with Gasteiger partial charge in [-0.25, -0.2) is 4.68 Å². The van der Waals surface area contributed by atoms with Crippen molar-refractivity contribution in [3.8, 4) is 0 Å². The van der Waals surface area contributed by atoms with E-state index in [0.29, 0.717) is 12.2 Å². The van der Waals surface area contributed by atoms with E-state index in [4.69, 9.17) is 5.11 Å². The summed E-state index contributed by atoms with van der Waals surface area (Å²) < 4.78 is 1.22. The fourth-order valence-corrected chi connectivity index (χ4v) is 1.84. The highest BCUT2D eigenvalue weighted by Crippen LogP contribution is 2.07. The van der Waals surface area contributed by atoms with E-state index in [9.17, 15) is 9.59 Å². The van der Waals surface area contributed by atoms with E-state index in [1.807, 2.05) is 0 Å². The van der Waals surface area contributed by atoms with Crippen LogP contribution in [0.4, 0.5) is 0 Å². The minimum Gasteiger partial charge on any atom is -0.480 e. The van der Waals surface area contributed by atoms with Gasteiger partial charge in [0, 0.05) is 6.54 Å². The molecular weight excluding hydrogens is 238 g/mol. The first kappa shape index (κ1) is 12.5. The van der Waals surface area contributed by atoms with Gasteiger partial charge in [-0.1, -0.05) is 5.21 Å². The molecule has 1 aromatic heterocycles. The molecule has 1 saturated heterocycles. The van der Waals surface area contributed by atoms with Gasteiger partial charge >= 0.3 is 5.97 Å². The smallest absolute Gasteiger partial charge is 0.325 e. The molecule has 98 valence electrons. The Labute approximate surface area is 103 Å². The molecule has 3 N–H and O–H groups in total. The second-order valence-electron chi connectivity index (χ2n) is 4.21. The van der Waals surface area contributed by atoms with Crippen LogP contribution in [0.3, 0.4) is 0 Å². The number of hydrogen-bond acceptors (Lipinski definition) is 5. The predicted octanol–water partition coefficient (Wildman–Crippen LogP) is -1.41. The Hall–Kier alpha value is -1.96. The number of nitrogens with one attached hydrogen (secondary N) is 2. The summed E-state index contributed by atoms with van der Waals surface area (Å²) >= 11 is 0. The third-order valence-electron chi connectivity index (χ3n) is 2.76. The van der Waals surface area contributed by atoms with E-state index in [1.54, 1.807) is 0 Å². The molecule has 2 rings (SSSR count). The Bertz CT molecular complexity index is 438. The molecule has 0 bridgehead atoms. The third-order valence-corrected chi connectivity index (χ3v) is 2.76. The van der Waals surface area contributed by atoms with Crippen molar-refractivity contribution in [1.29, 1.82) is 0 Å². The Morgan fingerprint density at radius 3 is 3.11 bits per heavy atom. The van der Waals surface area contributed by atoms with Gasteiger partial charge in [-0.3, -0.25) is 9.59 Å². The lowest BCUT2D eigenvalue weighted by molar-refractivity contribution is -0.138. The van der Waals surface area contributed by atoms with Crippen molar-refractivity contribution >= 4 is 11.9 Å². The molecular formula is C10H15N5O3. The van der Waals surface area contributed by atoms with Crippen molar-refractivity contribution < 1.29 is 14.7 Å². The molecule has 18 heavy (non-hydrogen) atoms. The van der Waals surface area contributed by atoms with Crippen molar-refractivity contribution in [3.05, 3.63) is 11.9 Å². The van der Waals surface area contributed by atoms with Gasteiger partial charge in [0.15, 0.2) is 0 Å². The van der Waals surface area contributed by atoms with E-state index in [2.05, 4.69) is 20.9 Å². The van der Waals surface area contributed by atoms with Gasteiger partial charge in [-0.2, -0.15) is 0 Å². The molecule has 0 spiro atoms. The SMILES string of the molecule is O=C(O)Cn1cc(CNC(=O)C2CCNC2)nn1. The Balaban J connectivity index is 1.80. The first-order valence-corrected chi connectivity index (χ1v) is 5.74. The fourth-order valence-electron chi connectivity index (χ4n) is 1.84. The molecule has 2 heterocycles. The topological polar surface area (TPSA) is 109 Å². The van der Waals surface area contributed by atoms with Gasteiger partial charge in [0.2, 0.25) is 5.91 Å². The first-order valence-electron chi connectivity index (χ1n) is 5.74. The number of amides is 1. The molecule has 1 fully saturated rings. The molecule has 0 aromatic carbocycles. The molecule has 0 saturated carbocycles. The van der Waals surface area contributed by atoms with Crippen molar-refractivity contribution in [2.24, 2.45) is 5.92 Å². The molecule has 8 heteroatoms. The average Bonchev–Trinajstić information content (AvgIpc) is 2.95. The van der Waals surface area contributed by atoms with Crippen LogP contribution in [-0.2, 0) is 22.7 Å². The van der Waals surface area contributed by atoms with Crippen LogP contribution in [0.5, 0.6) is 0 Å². The quantitative estimate of drug-likeness (QED) is 0.594. The molecule has 8 nitrogen and oxygen atoms in total. The van der Waals surface area contributed by atoms with E-state index in [1.165, 1.54) is 10.9 Å². The highest BCUT2D eigenvalue weighted by atomic mass is 16.4. The van der Waals surface area contributed by atoms with E-state index < -0.39 is 5.97 Å². The minimum absolute atomic E-state index is 0.00668. The third kappa shape index (κ3) is 3.27. The fraction of sp³-hybridized carbons (Fsp3) is 0.600. The highest BCUT2D eigenvalue weighted by molar-refractivity contribution is 5.79. The number of aromatic nitrogens is 3. The summed E-state index contributed by atoms with van der Waals surface area (Å²) in [5, 5.41) is 21.9. The zero-order valence-corrected chi connectivity index (χ0v) is 9.80. The lowest BCUT2D eigenvalue weighted by atomic mass is 10.1. The lowest BCUT2D eigenvalue weighted by Gasteiger charge is -2.07. The van der Waals surface area contributed by atoms with Gasteiger partial charge in [0.05, 0.1) is 18.7 Å². The van der Waals surface area contributed by atoms with Gasteiger partial charge in [-0.15, -0.1) is 5.10 Å². The van der Waals surface area contributed by atoms with Crippen LogP contribution in [0.1, 0.15) is 12.1 Å². The summed E-state index contributed by atoms with van der Waals surface area (Å²) in [6, 6.07) is 0. The maximum atomic E-state index is 11.7. The summed E-state index contributed by atoms with van der Waals surface area (Å²) in [5.41, 5.74) is 0.551. The number of carbonyl (C=O) groups excluding carboxylic acids is 1. The molecule has 1 aliphatic heterocycles. The van der Waals surface area contributed by atoms with Crippen molar-refractivity contribution in [1.82, 2.24) is 25.6 Å². The number of aliphatic carboxylic acids is 1. The van der Waals surface area contributed by atoms with Crippen LogP contribution < -0.4 is 10.6 Å². The molecule has 0 aliphatic carbocycles. The second kappa shape index (κ2) is 5.58. The van der Waals surface area contributed by atoms with Crippen LogP contribution in [0.2, 0.25) is 0 Å². The Morgan fingerprint density at radius 1 is 1.61 bits per heavy atom. The van der Waals surface area contributed by atoms with Crippen molar-refractivity contribution in [3.63, 3.8) is 0 Å². The number of carbonyl (C=O) groups is 2. The zero-order chi connectivity index (χ0) is 13.0. The lowest BCUT2D eigenvalue weighted by Crippen LogP contribution is -2.31. The second-order valence-corrected chi connectivity index (χ2v) is 4.21. The zero-order valence-electron chi connectivity index (χ0n) is 9.80. The van der Waals surface area contributed by atoms with Gasteiger partial charge in [0.1, 0.15) is 12.2 Å². The van der Waals surface area contributed by atoms with Gasteiger partial charge < -0.3 is 15.7 Å². The van der Waals surface area contributed by atoms with Crippen LogP contribution >= 0.6 is 0 Å². The van der Waals surface area contributed by atoms with E-state index in [0.717, 1.165) is 13.0 Å². The number of carboxylic acids is 1. The normalized spacial score (nSPS) is 18.8. The van der Waals surface area contributed by atoms with E-state index >= 15 is 0 Å². The molecule has 1 aliphatic rings. The summed E-state index contributed by atoms with van der Waals surface area (Å²) in [7, 11) is 0. The van der Waals surface area contributed by atoms with E-state index in [-0.39, 0.29) is 24.9 Å². The summed E-state index contributed by atoms with van der Waals surface area (Å²) in [5.74, 6) is -0.973. The highest BCUT2D eigenvalue weighted by Gasteiger charge is 2.22. The molecule has 1 aromatic rings.